The molecule has 0 amide bonds. The number of hydrogen-bond donors (Lipinski definition) is 7. The molecule has 11 unspecified atom stereocenters. The molecule has 11 atom stereocenters. The van der Waals surface area contributed by atoms with Crippen molar-refractivity contribution in [1.82, 2.24) is 44.4 Å². The van der Waals surface area contributed by atoms with Gasteiger partial charge in [0.05, 0.1) is 38.0 Å². The molecule has 23 nitrogen and oxygen atoms in total. The predicted molar refractivity (Wildman–Crippen MR) is 157 cm³/mol. The number of aromatic nitrogens is 8. The lowest BCUT2D eigenvalue weighted by molar-refractivity contribution is -0.214. The van der Waals surface area contributed by atoms with Crippen molar-refractivity contribution in [1.29, 1.82) is 0 Å². The van der Waals surface area contributed by atoms with Crippen LogP contribution in [-0.2, 0) is 36.7 Å². The highest BCUT2D eigenvalue weighted by Crippen LogP contribution is 2.55. The van der Waals surface area contributed by atoms with Gasteiger partial charge in [-0.1, -0.05) is 0 Å². The van der Waals surface area contributed by atoms with E-state index in [9.17, 15) is 28.8 Å². The van der Waals surface area contributed by atoms with Crippen molar-refractivity contribution in [2.24, 2.45) is 5.92 Å². The molecular weight excluding hydrogens is 684 g/mol. The minimum absolute atomic E-state index is 0.00933. The van der Waals surface area contributed by atoms with Crippen molar-refractivity contribution < 1.29 is 51.6 Å². The van der Waals surface area contributed by atoms with E-state index < -0.39 is 89.4 Å². The number of hydrogen-bond acceptors (Lipinski definition) is 18. The molecule has 4 aliphatic rings. The zero-order valence-corrected chi connectivity index (χ0v) is 26.2. The Labute approximate surface area is 267 Å². The molecule has 4 aromatic rings. The molecule has 9 N–H and O–H groups in total. The van der Waals surface area contributed by atoms with Crippen molar-refractivity contribution in [2.45, 2.75) is 55.4 Å². The van der Waals surface area contributed by atoms with Gasteiger partial charge in [-0.15, -0.1) is 0 Å². The van der Waals surface area contributed by atoms with Crippen LogP contribution in [0.25, 0.3) is 22.3 Å². The monoisotopic (exact) mass is 713 g/mol. The van der Waals surface area contributed by atoms with E-state index >= 15 is 0 Å². The van der Waals surface area contributed by atoms with Crippen LogP contribution in [0.2, 0.25) is 0 Å². The molecule has 4 saturated heterocycles. The van der Waals surface area contributed by atoms with E-state index in [1.54, 1.807) is 0 Å². The second kappa shape index (κ2) is 11.6. The number of aliphatic hydroxyl groups excluding tert-OH is 1. The van der Waals surface area contributed by atoms with Crippen LogP contribution >= 0.6 is 15.6 Å². The summed E-state index contributed by atoms with van der Waals surface area (Å²) in [6.45, 7) is -1.02. The average Bonchev–Trinajstić information content (AvgIpc) is 3.72. The molecule has 48 heavy (non-hydrogen) atoms. The number of nitrogens with zero attached hydrogens (tertiary/aromatic N) is 7. The third-order valence-corrected chi connectivity index (χ3v) is 10.7. The third kappa shape index (κ3) is 5.41. The van der Waals surface area contributed by atoms with Gasteiger partial charge in [0.25, 0.3) is 5.56 Å². The maximum absolute atomic E-state index is 13.6. The second-order valence-electron chi connectivity index (χ2n) is 11.6. The first kappa shape index (κ1) is 31.8. The molecule has 8 heterocycles. The van der Waals surface area contributed by atoms with Crippen LogP contribution in [0, 0.1) is 5.92 Å². The van der Waals surface area contributed by atoms with E-state index in [2.05, 4.69) is 35.2 Å². The predicted octanol–water partition coefficient (Wildman–Crippen LogP) is -1.72. The van der Waals surface area contributed by atoms with E-state index in [1.165, 1.54) is 28.1 Å². The highest BCUT2D eigenvalue weighted by atomic mass is 31.2. The van der Waals surface area contributed by atoms with Gasteiger partial charge in [-0.05, 0) is 13.0 Å². The molecule has 4 aliphatic heterocycles. The van der Waals surface area contributed by atoms with E-state index in [1.807, 2.05) is 0 Å². The molecule has 0 aromatic carbocycles. The van der Waals surface area contributed by atoms with E-state index in [0.29, 0.717) is 0 Å². The van der Waals surface area contributed by atoms with Crippen LogP contribution in [0.15, 0.2) is 23.8 Å². The Morgan fingerprint density at radius 2 is 1.54 bits per heavy atom. The number of nitrogens with one attached hydrogen (secondary N) is 2. The number of phosphoric acid groups is 2. The fraction of sp³-hybridized carbons (Fsp3) is 0.565. The molecule has 4 aromatic heterocycles. The molecule has 25 heteroatoms. The van der Waals surface area contributed by atoms with Crippen LogP contribution in [0.1, 0.15) is 18.9 Å². The lowest BCUT2D eigenvalue weighted by Gasteiger charge is -2.45. The summed E-state index contributed by atoms with van der Waals surface area (Å²) in [6.07, 6.45) is -5.40. The highest BCUT2D eigenvalue weighted by molar-refractivity contribution is 7.47. The molecule has 0 aliphatic carbocycles. The van der Waals surface area contributed by atoms with Crippen molar-refractivity contribution in [3.8, 4) is 0 Å². The summed E-state index contributed by atoms with van der Waals surface area (Å²) in [5, 5.41) is 14.8. The largest absolute Gasteiger partial charge is 0.472 e. The maximum Gasteiger partial charge on any atom is 0.472 e. The zero-order valence-electron chi connectivity index (χ0n) is 24.5. The van der Waals surface area contributed by atoms with Gasteiger partial charge in [0.2, 0.25) is 5.95 Å². The summed E-state index contributed by atoms with van der Waals surface area (Å²) in [7, 11) is -9.88. The number of fused-ring (bicyclic) bond motifs is 4. The van der Waals surface area contributed by atoms with E-state index in [0.717, 1.165) is 0 Å². The van der Waals surface area contributed by atoms with Crippen LogP contribution < -0.4 is 22.3 Å². The van der Waals surface area contributed by atoms with Gasteiger partial charge in [0.15, 0.2) is 35.1 Å². The minimum Gasteiger partial charge on any atom is -0.386 e. The quantitative estimate of drug-likeness (QED) is 0.114. The summed E-state index contributed by atoms with van der Waals surface area (Å²) in [5.41, 5.74) is 11.3. The normalized spacial score (nSPS) is 39.0. The highest BCUT2D eigenvalue weighted by Gasteiger charge is 2.55. The van der Waals surface area contributed by atoms with Gasteiger partial charge in [-0.2, -0.15) is 4.98 Å². The topological polar surface area (TPSA) is 321 Å². The summed E-state index contributed by atoms with van der Waals surface area (Å²) in [5.74, 6) is -0.939. The summed E-state index contributed by atoms with van der Waals surface area (Å²) in [6, 6.07) is -1.09. The van der Waals surface area contributed by atoms with Gasteiger partial charge in [-0.25, -0.2) is 29.1 Å². The second-order valence-corrected chi connectivity index (χ2v) is 14.4. The molecule has 0 saturated carbocycles. The molecule has 258 valence electrons. The average molecular weight is 713 g/mol. The molecular formula is C23H29N11O12P2. The SMILES string of the molecule is Nc1nc2c(ncn2C2OC3COP(=O)(O)OC4C(O)C(n5cnc6c(N)ncnc65)OC5COP(=O)(O)OC2C3CCNC54)c(=O)[nH]1. The smallest absolute Gasteiger partial charge is 0.386 e. The van der Waals surface area contributed by atoms with Gasteiger partial charge in [-0.3, -0.25) is 37.0 Å². The van der Waals surface area contributed by atoms with Crippen LogP contribution in [0.3, 0.4) is 0 Å². The number of nitrogens with two attached hydrogens (primary N) is 2. The standard InChI is InChI=1S/C23H29N11O12P2/c24-17-12-18(28-5-27-17)33(6-29-12)21-14(35)16-11-10(44-21)4-42-47(37,38)45-15-8(1-2-26-11)9(3-41-48(39,40)46-16)43-22(15)34-7-30-13-19(34)31-23(25)32-20(13)36/h5-11,14-16,21-22,26,35H,1-4H2,(H,37,38)(H,39,40)(H2,24,27,28)(H3,25,31,32,36). The number of phosphoric ester groups is 2. The van der Waals surface area contributed by atoms with Crippen LogP contribution in [0.5, 0.6) is 0 Å². The Morgan fingerprint density at radius 1 is 0.875 bits per heavy atom. The molecule has 0 spiro atoms. The lowest BCUT2D eigenvalue weighted by atomic mass is 9.92. The minimum atomic E-state index is -4.95. The molecule has 8 rings (SSSR count). The molecule has 0 radical (unpaired) electrons. The number of H-pyrrole nitrogens is 1. The molecule has 4 fully saturated rings. The fourth-order valence-corrected chi connectivity index (χ4v) is 8.56. The van der Waals surface area contributed by atoms with Crippen LogP contribution in [0.4, 0.5) is 11.8 Å². The number of ether oxygens (including phenoxy) is 2. The number of imidazole rings is 2. The lowest BCUT2D eigenvalue weighted by Crippen LogP contribution is -2.62. The first-order valence-electron chi connectivity index (χ1n) is 14.6. The zero-order chi connectivity index (χ0) is 33.5. The van der Waals surface area contributed by atoms with Crippen LogP contribution in [-0.4, -0.2) is 110 Å². The molecule has 2 bridgehead atoms. The number of aromatic amines is 1. The van der Waals surface area contributed by atoms with E-state index in [4.69, 9.17) is 39.0 Å². The van der Waals surface area contributed by atoms with Crippen molar-refractivity contribution in [3.63, 3.8) is 0 Å². The van der Waals surface area contributed by atoms with Gasteiger partial charge < -0.3 is 41.2 Å². The Hall–Kier alpha value is -3.44. The Balaban J connectivity index is 1.19. The number of aliphatic hydroxyl groups is 1. The van der Waals surface area contributed by atoms with Crippen molar-refractivity contribution in [2.75, 3.05) is 31.2 Å². The number of nitrogen functional groups attached to an aromatic ring is 2. The number of anilines is 2. The Morgan fingerprint density at radius 3 is 2.31 bits per heavy atom. The van der Waals surface area contributed by atoms with Crippen molar-refractivity contribution >= 4 is 49.7 Å². The first-order chi connectivity index (χ1) is 22.9. The number of rotatable bonds is 2. The van der Waals surface area contributed by atoms with Gasteiger partial charge in [0, 0.05) is 5.92 Å². The van der Waals surface area contributed by atoms with E-state index in [-0.39, 0.29) is 47.1 Å². The fourth-order valence-electron chi connectivity index (χ4n) is 6.63. The summed E-state index contributed by atoms with van der Waals surface area (Å²) < 4.78 is 64.3. The third-order valence-electron chi connectivity index (χ3n) is 8.75. The first-order valence-corrected chi connectivity index (χ1v) is 17.6. The Bertz CT molecular complexity index is 2040. The maximum atomic E-state index is 13.6. The van der Waals surface area contributed by atoms with Gasteiger partial charge in [0.1, 0.15) is 36.3 Å². The summed E-state index contributed by atoms with van der Waals surface area (Å²) in [4.78, 5) is 57.2. The Kier molecular flexibility index (Phi) is 7.67. The summed E-state index contributed by atoms with van der Waals surface area (Å²) >= 11 is 0. The van der Waals surface area contributed by atoms with Gasteiger partial charge >= 0.3 is 15.6 Å². The van der Waals surface area contributed by atoms with Crippen molar-refractivity contribution in [3.05, 3.63) is 29.3 Å².